The second-order valence-electron chi connectivity index (χ2n) is 5.33. The quantitative estimate of drug-likeness (QED) is 0.583. The highest BCUT2D eigenvalue weighted by Crippen LogP contribution is 2.37. The SMILES string of the molecule is COC(=O)[C@@H]1Cc2cc(O)c(O)cc2C(c2ccccc2)N1. The van der Waals surface area contributed by atoms with Gasteiger partial charge in [-0.05, 0) is 35.2 Å². The van der Waals surface area contributed by atoms with E-state index in [0.29, 0.717) is 6.42 Å². The van der Waals surface area contributed by atoms with Gasteiger partial charge in [0.2, 0.25) is 0 Å². The number of carbonyl (C=O) groups excluding carboxylic acids is 1. The smallest absolute Gasteiger partial charge is 0.323 e. The maximum absolute atomic E-state index is 11.9. The predicted octanol–water partition coefficient (Wildman–Crippen LogP) is 1.87. The number of carbonyl (C=O) groups is 1. The first-order chi connectivity index (χ1) is 10.6. The van der Waals surface area contributed by atoms with Crippen molar-refractivity contribution in [2.75, 3.05) is 7.11 Å². The highest BCUT2D eigenvalue weighted by atomic mass is 16.5. The molecule has 0 aliphatic carbocycles. The molecular formula is C17H17NO4. The normalized spacial score (nSPS) is 20.2. The molecule has 2 atom stereocenters. The summed E-state index contributed by atoms with van der Waals surface area (Å²) in [7, 11) is 1.35. The first kappa shape index (κ1) is 14.4. The second-order valence-corrected chi connectivity index (χ2v) is 5.33. The minimum absolute atomic E-state index is 0.169. The van der Waals surface area contributed by atoms with E-state index in [-0.39, 0.29) is 23.5 Å². The van der Waals surface area contributed by atoms with Gasteiger partial charge in [0.25, 0.3) is 0 Å². The molecule has 5 nitrogen and oxygen atoms in total. The molecule has 3 N–H and O–H groups in total. The molecule has 1 heterocycles. The summed E-state index contributed by atoms with van der Waals surface area (Å²) in [6, 6.07) is 12.0. The number of esters is 1. The van der Waals surface area contributed by atoms with Gasteiger partial charge in [-0.3, -0.25) is 10.1 Å². The average Bonchev–Trinajstić information content (AvgIpc) is 2.55. The van der Waals surface area contributed by atoms with Crippen LogP contribution in [0.15, 0.2) is 42.5 Å². The number of methoxy groups -OCH3 is 1. The summed E-state index contributed by atoms with van der Waals surface area (Å²) < 4.78 is 4.83. The Bertz CT molecular complexity index is 699. The summed E-state index contributed by atoms with van der Waals surface area (Å²) in [5.41, 5.74) is 2.64. The molecule has 0 aromatic heterocycles. The van der Waals surface area contributed by atoms with E-state index >= 15 is 0 Å². The van der Waals surface area contributed by atoms with Gasteiger partial charge >= 0.3 is 5.97 Å². The number of phenolic OH excluding ortho intramolecular Hbond substituents is 2. The number of rotatable bonds is 2. The fourth-order valence-corrected chi connectivity index (χ4v) is 2.87. The van der Waals surface area contributed by atoms with Crippen molar-refractivity contribution in [1.29, 1.82) is 0 Å². The monoisotopic (exact) mass is 299 g/mol. The molecule has 0 spiro atoms. The van der Waals surface area contributed by atoms with Crippen molar-refractivity contribution in [2.45, 2.75) is 18.5 Å². The molecule has 0 amide bonds. The summed E-state index contributed by atoms with van der Waals surface area (Å²) in [4.78, 5) is 11.9. The van der Waals surface area contributed by atoms with Crippen LogP contribution in [-0.2, 0) is 16.0 Å². The molecule has 5 heteroatoms. The molecule has 2 aromatic rings. The van der Waals surface area contributed by atoms with Crippen LogP contribution in [-0.4, -0.2) is 29.3 Å². The first-order valence-electron chi connectivity index (χ1n) is 7.03. The fourth-order valence-electron chi connectivity index (χ4n) is 2.87. The maximum atomic E-state index is 11.9. The first-order valence-corrected chi connectivity index (χ1v) is 7.03. The van der Waals surface area contributed by atoms with Crippen molar-refractivity contribution in [1.82, 2.24) is 5.32 Å². The van der Waals surface area contributed by atoms with Crippen LogP contribution in [0.25, 0.3) is 0 Å². The van der Waals surface area contributed by atoms with Gasteiger partial charge in [0.05, 0.1) is 13.2 Å². The number of benzene rings is 2. The summed E-state index contributed by atoms with van der Waals surface area (Å²) in [5.74, 6) is -0.701. The molecule has 22 heavy (non-hydrogen) atoms. The van der Waals surface area contributed by atoms with E-state index in [1.54, 1.807) is 6.07 Å². The minimum Gasteiger partial charge on any atom is -0.504 e. The number of nitrogens with one attached hydrogen (secondary N) is 1. The molecule has 0 bridgehead atoms. The van der Waals surface area contributed by atoms with Gasteiger partial charge in [-0.1, -0.05) is 30.3 Å². The van der Waals surface area contributed by atoms with E-state index in [1.807, 2.05) is 30.3 Å². The maximum Gasteiger partial charge on any atom is 0.323 e. The van der Waals surface area contributed by atoms with Crippen molar-refractivity contribution in [2.24, 2.45) is 0 Å². The Morgan fingerprint density at radius 2 is 1.86 bits per heavy atom. The third kappa shape index (κ3) is 2.51. The van der Waals surface area contributed by atoms with Gasteiger partial charge in [0, 0.05) is 0 Å². The van der Waals surface area contributed by atoms with E-state index in [9.17, 15) is 15.0 Å². The van der Waals surface area contributed by atoms with Gasteiger partial charge in [-0.25, -0.2) is 0 Å². The lowest BCUT2D eigenvalue weighted by Gasteiger charge is -2.32. The summed E-state index contributed by atoms with van der Waals surface area (Å²) in [6.07, 6.45) is 0.402. The molecule has 1 aliphatic rings. The number of ether oxygens (including phenoxy) is 1. The van der Waals surface area contributed by atoms with E-state index in [0.717, 1.165) is 16.7 Å². The van der Waals surface area contributed by atoms with Gasteiger partial charge in [-0.2, -0.15) is 0 Å². The number of phenols is 2. The third-order valence-corrected chi connectivity index (χ3v) is 3.96. The second kappa shape index (κ2) is 5.69. The minimum atomic E-state index is -0.494. The van der Waals surface area contributed by atoms with Crippen LogP contribution in [0, 0.1) is 0 Å². The fraction of sp³-hybridized carbons (Fsp3) is 0.235. The van der Waals surface area contributed by atoms with Crippen molar-refractivity contribution >= 4 is 5.97 Å². The van der Waals surface area contributed by atoms with Crippen molar-refractivity contribution in [3.8, 4) is 11.5 Å². The van der Waals surface area contributed by atoms with Crippen LogP contribution in [0.2, 0.25) is 0 Å². The van der Waals surface area contributed by atoms with E-state index in [4.69, 9.17) is 4.74 Å². The van der Waals surface area contributed by atoms with Gasteiger partial charge < -0.3 is 14.9 Å². The Kier molecular flexibility index (Phi) is 3.73. The van der Waals surface area contributed by atoms with Crippen molar-refractivity contribution in [3.63, 3.8) is 0 Å². The van der Waals surface area contributed by atoms with Crippen LogP contribution in [0.5, 0.6) is 11.5 Å². The number of hydrogen-bond acceptors (Lipinski definition) is 5. The Hall–Kier alpha value is -2.53. The molecule has 1 unspecified atom stereocenters. The van der Waals surface area contributed by atoms with Crippen LogP contribution in [0.1, 0.15) is 22.7 Å². The zero-order valence-corrected chi connectivity index (χ0v) is 12.1. The Morgan fingerprint density at radius 1 is 1.18 bits per heavy atom. The molecule has 0 radical (unpaired) electrons. The summed E-state index contributed by atoms with van der Waals surface area (Å²) in [6.45, 7) is 0. The Labute approximate surface area is 128 Å². The largest absolute Gasteiger partial charge is 0.504 e. The Balaban J connectivity index is 2.09. The van der Waals surface area contributed by atoms with Crippen LogP contribution < -0.4 is 5.32 Å². The third-order valence-electron chi connectivity index (χ3n) is 3.96. The lowest BCUT2D eigenvalue weighted by atomic mass is 9.86. The van der Waals surface area contributed by atoms with Crippen molar-refractivity contribution in [3.05, 3.63) is 59.2 Å². The van der Waals surface area contributed by atoms with Gasteiger partial charge in [0.1, 0.15) is 6.04 Å². The highest BCUT2D eigenvalue weighted by Gasteiger charge is 2.32. The zero-order valence-electron chi connectivity index (χ0n) is 12.1. The van der Waals surface area contributed by atoms with Gasteiger partial charge in [-0.15, -0.1) is 0 Å². The Morgan fingerprint density at radius 3 is 2.55 bits per heavy atom. The molecule has 0 saturated heterocycles. The zero-order chi connectivity index (χ0) is 15.7. The molecule has 0 fully saturated rings. The van der Waals surface area contributed by atoms with E-state index < -0.39 is 6.04 Å². The molecular weight excluding hydrogens is 282 g/mol. The molecule has 2 aromatic carbocycles. The van der Waals surface area contributed by atoms with Crippen LogP contribution >= 0.6 is 0 Å². The summed E-state index contributed by atoms with van der Waals surface area (Å²) >= 11 is 0. The van der Waals surface area contributed by atoms with Crippen LogP contribution in [0.4, 0.5) is 0 Å². The lowest BCUT2D eigenvalue weighted by Crippen LogP contribution is -2.45. The molecule has 0 saturated carbocycles. The number of aromatic hydroxyl groups is 2. The van der Waals surface area contributed by atoms with Crippen LogP contribution in [0.3, 0.4) is 0 Å². The van der Waals surface area contributed by atoms with E-state index in [2.05, 4.69) is 5.32 Å². The highest BCUT2D eigenvalue weighted by molar-refractivity contribution is 5.77. The molecule has 3 rings (SSSR count). The molecule has 114 valence electrons. The number of hydrogen-bond donors (Lipinski definition) is 3. The standard InChI is InChI=1S/C17H17NO4/c1-22-17(21)13-7-11-8-14(19)15(20)9-12(11)16(18-13)10-5-3-2-4-6-10/h2-6,8-9,13,16,18-20H,7H2,1H3/t13-,16?/m0/s1. The molecule has 1 aliphatic heterocycles. The number of fused-ring (bicyclic) bond motifs is 1. The topological polar surface area (TPSA) is 78.8 Å². The summed E-state index contributed by atoms with van der Waals surface area (Å²) in [5, 5.41) is 22.8. The van der Waals surface area contributed by atoms with Crippen molar-refractivity contribution < 1.29 is 19.7 Å². The van der Waals surface area contributed by atoms with E-state index in [1.165, 1.54) is 13.2 Å². The average molecular weight is 299 g/mol. The van der Waals surface area contributed by atoms with Gasteiger partial charge in [0.15, 0.2) is 11.5 Å². The predicted molar refractivity (Wildman–Crippen MR) is 80.7 cm³/mol. The lowest BCUT2D eigenvalue weighted by molar-refractivity contribution is -0.143.